The van der Waals surface area contributed by atoms with Gasteiger partial charge in [-0.2, -0.15) is 0 Å². The number of hydrogen-bond acceptors (Lipinski definition) is 3. The van der Waals surface area contributed by atoms with Crippen molar-refractivity contribution in [3.05, 3.63) is 60.4 Å². The van der Waals surface area contributed by atoms with Gasteiger partial charge in [0.05, 0.1) is 12.2 Å². The summed E-state index contributed by atoms with van der Waals surface area (Å²) in [4.78, 5) is 15.6. The summed E-state index contributed by atoms with van der Waals surface area (Å²) >= 11 is 0. The third-order valence-corrected chi connectivity index (χ3v) is 2.54. The van der Waals surface area contributed by atoms with Crippen molar-refractivity contribution in [2.45, 2.75) is 6.42 Å². The van der Waals surface area contributed by atoms with E-state index in [0.717, 1.165) is 12.2 Å². The summed E-state index contributed by atoms with van der Waals surface area (Å²) in [6, 6.07) is 13.1. The topological polar surface area (TPSA) is 51.2 Å². The average Bonchev–Trinajstić information content (AvgIpc) is 2.49. The fraction of sp³-hybridized carbons (Fsp3) is 0.200. The molecule has 0 fully saturated rings. The summed E-state index contributed by atoms with van der Waals surface area (Å²) in [7, 11) is 0. The normalized spacial score (nSPS) is 9.89. The number of pyridine rings is 1. The van der Waals surface area contributed by atoms with Crippen LogP contribution in [-0.4, -0.2) is 24.0 Å². The zero-order valence-corrected chi connectivity index (χ0v) is 10.6. The molecule has 0 aliphatic heterocycles. The number of hydrogen-bond donors (Lipinski definition) is 1. The second-order valence-corrected chi connectivity index (χ2v) is 4.01. The standard InChI is InChI=1S/C15H16N2O2/c18-15(13-6-4-9-16-12-13)17-10-5-11-19-14-7-2-1-3-8-14/h1-4,6-9,12H,5,10-11H2,(H,17,18). The molecule has 0 bridgehead atoms. The summed E-state index contributed by atoms with van der Waals surface area (Å²) in [6.45, 7) is 1.16. The van der Waals surface area contributed by atoms with E-state index >= 15 is 0 Å². The number of nitrogens with zero attached hydrogens (tertiary/aromatic N) is 1. The highest BCUT2D eigenvalue weighted by atomic mass is 16.5. The maximum Gasteiger partial charge on any atom is 0.252 e. The highest BCUT2D eigenvalue weighted by molar-refractivity contribution is 5.93. The molecule has 4 heteroatoms. The number of nitrogens with one attached hydrogen (secondary N) is 1. The molecule has 19 heavy (non-hydrogen) atoms. The van der Waals surface area contributed by atoms with Crippen molar-refractivity contribution in [2.24, 2.45) is 0 Å². The van der Waals surface area contributed by atoms with Crippen LogP contribution < -0.4 is 10.1 Å². The Balaban J connectivity index is 1.63. The highest BCUT2D eigenvalue weighted by Crippen LogP contribution is 2.08. The number of carbonyl (C=O) groups excluding carboxylic acids is 1. The molecule has 0 saturated heterocycles. The molecule has 2 aromatic rings. The monoisotopic (exact) mass is 256 g/mol. The number of ether oxygens (including phenoxy) is 1. The number of para-hydroxylation sites is 1. The maximum absolute atomic E-state index is 11.7. The number of aromatic nitrogens is 1. The van der Waals surface area contributed by atoms with Crippen LogP contribution in [0.3, 0.4) is 0 Å². The second kappa shape index (κ2) is 7.16. The van der Waals surface area contributed by atoms with Gasteiger partial charge < -0.3 is 10.1 Å². The first-order valence-electron chi connectivity index (χ1n) is 6.22. The van der Waals surface area contributed by atoms with Crippen molar-refractivity contribution in [1.29, 1.82) is 0 Å². The number of rotatable bonds is 6. The third kappa shape index (κ3) is 4.43. The van der Waals surface area contributed by atoms with Crippen molar-refractivity contribution in [3.8, 4) is 5.75 Å². The van der Waals surface area contributed by atoms with Crippen LogP contribution in [0.5, 0.6) is 5.75 Å². The van der Waals surface area contributed by atoms with Gasteiger partial charge in [0.15, 0.2) is 0 Å². The molecule has 0 aliphatic rings. The molecule has 0 aliphatic carbocycles. The van der Waals surface area contributed by atoms with E-state index in [2.05, 4.69) is 10.3 Å². The van der Waals surface area contributed by atoms with Crippen LogP contribution in [0.15, 0.2) is 54.9 Å². The Hall–Kier alpha value is -2.36. The quantitative estimate of drug-likeness (QED) is 0.807. The SMILES string of the molecule is O=C(NCCCOc1ccccc1)c1cccnc1. The van der Waals surface area contributed by atoms with Crippen LogP contribution in [0.25, 0.3) is 0 Å². The zero-order chi connectivity index (χ0) is 13.3. The number of carbonyl (C=O) groups is 1. The molecule has 1 N–H and O–H groups in total. The molecule has 98 valence electrons. The molecule has 2 rings (SSSR count). The minimum absolute atomic E-state index is 0.104. The van der Waals surface area contributed by atoms with Crippen LogP contribution in [0.4, 0.5) is 0 Å². The fourth-order valence-electron chi connectivity index (χ4n) is 1.58. The summed E-state index contributed by atoms with van der Waals surface area (Å²) < 4.78 is 5.53. The molecule has 0 radical (unpaired) electrons. The van der Waals surface area contributed by atoms with E-state index in [9.17, 15) is 4.79 Å². The average molecular weight is 256 g/mol. The lowest BCUT2D eigenvalue weighted by Crippen LogP contribution is -2.25. The predicted molar refractivity (Wildman–Crippen MR) is 73.1 cm³/mol. The third-order valence-electron chi connectivity index (χ3n) is 2.54. The van der Waals surface area contributed by atoms with Crippen LogP contribution in [0.2, 0.25) is 0 Å². The first kappa shape index (κ1) is 13.1. The molecule has 1 aromatic carbocycles. The highest BCUT2D eigenvalue weighted by Gasteiger charge is 2.03. The van der Waals surface area contributed by atoms with E-state index in [1.54, 1.807) is 24.5 Å². The summed E-state index contributed by atoms with van der Waals surface area (Å²) in [6.07, 6.45) is 3.96. The Morgan fingerprint density at radius 2 is 2.00 bits per heavy atom. The first-order chi connectivity index (χ1) is 9.36. The lowest BCUT2D eigenvalue weighted by Gasteiger charge is -2.07. The largest absolute Gasteiger partial charge is 0.494 e. The van der Waals surface area contributed by atoms with Gasteiger partial charge in [0.1, 0.15) is 5.75 Å². The summed E-state index contributed by atoms with van der Waals surface area (Å²) in [5.74, 6) is 0.744. The van der Waals surface area contributed by atoms with E-state index in [0.29, 0.717) is 18.7 Å². The van der Waals surface area contributed by atoms with Gasteiger partial charge in [0, 0.05) is 18.9 Å². The summed E-state index contributed by atoms with van der Waals surface area (Å²) in [5, 5.41) is 2.83. The van der Waals surface area contributed by atoms with E-state index in [1.807, 2.05) is 30.3 Å². The Kier molecular flexibility index (Phi) is 4.93. The first-order valence-corrected chi connectivity index (χ1v) is 6.22. The van der Waals surface area contributed by atoms with Crippen LogP contribution in [0, 0.1) is 0 Å². The van der Waals surface area contributed by atoms with Crippen molar-refractivity contribution in [2.75, 3.05) is 13.2 Å². The minimum Gasteiger partial charge on any atom is -0.494 e. The van der Waals surface area contributed by atoms with Gasteiger partial charge in [0.25, 0.3) is 5.91 Å². The molecule has 1 aromatic heterocycles. The van der Waals surface area contributed by atoms with E-state index in [1.165, 1.54) is 0 Å². The van der Waals surface area contributed by atoms with Crippen LogP contribution >= 0.6 is 0 Å². The van der Waals surface area contributed by atoms with Crippen LogP contribution in [0.1, 0.15) is 16.8 Å². The minimum atomic E-state index is -0.104. The van der Waals surface area contributed by atoms with Crippen molar-refractivity contribution in [1.82, 2.24) is 10.3 Å². The van der Waals surface area contributed by atoms with Gasteiger partial charge in [-0.15, -0.1) is 0 Å². The fourth-order valence-corrected chi connectivity index (χ4v) is 1.58. The van der Waals surface area contributed by atoms with Gasteiger partial charge in [-0.3, -0.25) is 9.78 Å². The van der Waals surface area contributed by atoms with E-state index < -0.39 is 0 Å². The lowest BCUT2D eigenvalue weighted by atomic mass is 10.2. The Morgan fingerprint density at radius 3 is 2.74 bits per heavy atom. The van der Waals surface area contributed by atoms with E-state index in [-0.39, 0.29) is 5.91 Å². The lowest BCUT2D eigenvalue weighted by molar-refractivity contribution is 0.0951. The molecular weight excluding hydrogens is 240 g/mol. The Labute approximate surface area is 112 Å². The van der Waals surface area contributed by atoms with Gasteiger partial charge >= 0.3 is 0 Å². The molecule has 1 amide bonds. The molecule has 1 heterocycles. The Bertz CT molecular complexity index is 500. The smallest absolute Gasteiger partial charge is 0.252 e. The van der Waals surface area contributed by atoms with Gasteiger partial charge in [-0.25, -0.2) is 0 Å². The van der Waals surface area contributed by atoms with Crippen molar-refractivity contribution in [3.63, 3.8) is 0 Å². The maximum atomic E-state index is 11.7. The van der Waals surface area contributed by atoms with Gasteiger partial charge in [-0.1, -0.05) is 18.2 Å². The predicted octanol–water partition coefficient (Wildman–Crippen LogP) is 2.28. The van der Waals surface area contributed by atoms with Gasteiger partial charge in [-0.05, 0) is 30.7 Å². The number of amides is 1. The van der Waals surface area contributed by atoms with Crippen molar-refractivity contribution >= 4 is 5.91 Å². The molecule has 0 unspecified atom stereocenters. The van der Waals surface area contributed by atoms with Gasteiger partial charge in [0.2, 0.25) is 0 Å². The van der Waals surface area contributed by atoms with Crippen molar-refractivity contribution < 1.29 is 9.53 Å². The molecule has 0 saturated carbocycles. The van der Waals surface area contributed by atoms with Crippen LogP contribution in [-0.2, 0) is 0 Å². The molecule has 0 spiro atoms. The summed E-state index contributed by atoms with van der Waals surface area (Å²) in [5.41, 5.74) is 0.575. The number of benzene rings is 1. The second-order valence-electron chi connectivity index (χ2n) is 4.01. The molecule has 4 nitrogen and oxygen atoms in total. The Morgan fingerprint density at radius 1 is 1.16 bits per heavy atom. The molecular formula is C15H16N2O2. The van der Waals surface area contributed by atoms with E-state index in [4.69, 9.17) is 4.74 Å². The molecule has 0 atom stereocenters. The zero-order valence-electron chi connectivity index (χ0n) is 10.6.